The SMILES string of the molecule is CC(C)COC(=O)c1ccccc1N1CCCC1. The number of hydrogen-bond acceptors (Lipinski definition) is 3. The standard InChI is InChI=1S/C15H21NO2/c1-12(2)11-18-15(17)13-7-3-4-8-14(13)16-9-5-6-10-16/h3-4,7-8,12H,5-6,9-11H2,1-2H3. The van der Waals surface area contributed by atoms with E-state index in [1.54, 1.807) is 0 Å². The zero-order chi connectivity index (χ0) is 13.0. The number of hydrogen-bond donors (Lipinski definition) is 0. The maximum absolute atomic E-state index is 12.1. The predicted molar refractivity (Wildman–Crippen MR) is 73.0 cm³/mol. The van der Waals surface area contributed by atoms with Crippen molar-refractivity contribution in [2.75, 3.05) is 24.6 Å². The van der Waals surface area contributed by atoms with Gasteiger partial charge in [0.2, 0.25) is 0 Å². The molecule has 3 heteroatoms. The van der Waals surface area contributed by atoms with Crippen molar-refractivity contribution in [3.05, 3.63) is 29.8 Å². The molecule has 0 amide bonds. The zero-order valence-electron chi connectivity index (χ0n) is 11.2. The fourth-order valence-corrected chi connectivity index (χ4v) is 2.20. The van der Waals surface area contributed by atoms with Crippen LogP contribution in [0, 0.1) is 5.92 Å². The second-order valence-electron chi connectivity index (χ2n) is 5.20. The van der Waals surface area contributed by atoms with Crippen LogP contribution in [-0.4, -0.2) is 25.7 Å². The highest BCUT2D eigenvalue weighted by Crippen LogP contribution is 2.25. The molecule has 1 aromatic carbocycles. The van der Waals surface area contributed by atoms with Gasteiger partial charge < -0.3 is 9.64 Å². The van der Waals surface area contributed by atoms with Gasteiger partial charge in [0, 0.05) is 13.1 Å². The van der Waals surface area contributed by atoms with Gasteiger partial charge >= 0.3 is 5.97 Å². The molecule has 1 aliphatic heterocycles. The number of anilines is 1. The third-order valence-electron chi connectivity index (χ3n) is 3.12. The van der Waals surface area contributed by atoms with E-state index in [0.29, 0.717) is 18.1 Å². The number of carbonyl (C=O) groups is 1. The van der Waals surface area contributed by atoms with Gasteiger partial charge in [-0.1, -0.05) is 26.0 Å². The van der Waals surface area contributed by atoms with Gasteiger partial charge in [-0.25, -0.2) is 4.79 Å². The van der Waals surface area contributed by atoms with Gasteiger partial charge in [0.05, 0.1) is 17.9 Å². The van der Waals surface area contributed by atoms with Crippen molar-refractivity contribution in [2.45, 2.75) is 26.7 Å². The molecule has 0 aromatic heterocycles. The van der Waals surface area contributed by atoms with Crippen LogP contribution in [0.5, 0.6) is 0 Å². The summed E-state index contributed by atoms with van der Waals surface area (Å²) >= 11 is 0. The van der Waals surface area contributed by atoms with Crippen LogP contribution >= 0.6 is 0 Å². The molecule has 18 heavy (non-hydrogen) atoms. The number of carbonyl (C=O) groups excluding carboxylic acids is 1. The van der Waals surface area contributed by atoms with Crippen LogP contribution < -0.4 is 4.90 Å². The fourth-order valence-electron chi connectivity index (χ4n) is 2.20. The van der Waals surface area contributed by atoms with E-state index in [4.69, 9.17) is 4.74 Å². The minimum Gasteiger partial charge on any atom is -0.462 e. The summed E-state index contributed by atoms with van der Waals surface area (Å²) < 4.78 is 5.32. The summed E-state index contributed by atoms with van der Waals surface area (Å²) in [6.45, 7) is 6.63. The number of benzene rings is 1. The Hall–Kier alpha value is -1.51. The van der Waals surface area contributed by atoms with E-state index in [1.165, 1.54) is 12.8 Å². The van der Waals surface area contributed by atoms with Gasteiger partial charge in [-0.15, -0.1) is 0 Å². The third kappa shape index (κ3) is 3.03. The Bertz CT molecular complexity index is 409. The molecular formula is C15H21NO2. The zero-order valence-corrected chi connectivity index (χ0v) is 11.2. The Balaban J connectivity index is 2.13. The topological polar surface area (TPSA) is 29.5 Å². The molecule has 0 atom stereocenters. The van der Waals surface area contributed by atoms with Crippen molar-refractivity contribution in [3.63, 3.8) is 0 Å². The molecule has 0 N–H and O–H groups in total. The molecule has 3 nitrogen and oxygen atoms in total. The molecule has 0 spiro atoms. The normalized spacial score (nSPS) is 15.2. The first-order valence-electron chi connectivity index (χ1n) is 6.69. The van der Waals surface area contributed by atoms with E-state index in [2.05, 4.69) is 4.90 Å². The molecule has 1 aliphatic rings. The molecule has 1 aromatic rings. The number of esters is 1. The van der Waals surface area contributed by atoms with E-state index >= 15 is 0 Å². The van der Waals surface area contributed by atoms with Crippen molar-refractivity contribution in [1.29, 1.82) is 0 Å². The number of para-hydroxylation sites is 1. The molecular weight excluding hydrogens is 226 g/mol. The van der Waals surface area contributed by atoms with Crippen LogP contribution in [0.4, 0.5) is 5.69 Å². The summed E-state index contributed by atoms with van der Waals surface area (Å²) in [5.41, 5.74) is 1.71. The number of rotatable bonds is 4. The smallest absolute Gasteiger partial charge is 0.340 e. The molecule has 1 saturated heterocycles. The lowest BCUT2D eigenvalue weighted by Crippen LogP contribution is -2.21. The first-order chi connectivity index (χ1) is 8.68. The fraction of sp³-hybridized carbons (Fsp3) is 0.533. The summed E-state index contributed by atoms with van der Waals surface area (Å²) in [6, 6.07) is 7.74. The van der Waals surface area contributed by atoms with Gasteiger partial charge in [0.25, 0.3) is 0 Å². The van der Waals surface area contributed by atoms with Crippen LogP contribution in [0.1, 0.15) is 37.0 Å². The van der Waals surface area contributed by atoms with Crippen LogP contribution in [0.15, 0.2) is 24.3 Å². The minimum absolute atomic E-state index is 0.203. The Labute approximate surface area is 109 Å². The highest BCUT2D eigenvalue weighted by atomic mass is 16.5. The molecule has 2 rings (SSSR count). The summed E-state index contributed by atoms with van der Waals surface area (Å²) in [7, 11) is 0. The van der Waals surface area contributed by atoms with E-state index < -0.39 is 0 Å². The molecule has 0 radical (unpaired) electrons. The van der Waals surface area contributed by atoms with E-state index in [0.717, 1.165) is 18.8 Å². The Morgan fingerprint density at radius 1 is 1.28 bits per heavy atom. The van der Waals surface area contributed by atoms with Gasteiger partial charge in [-0.2, -0.15) is 0 Å². The Morgan fingerprint density at radius 2 is 1.94 bits per heavy atom. The number of nitrogens with zero attached hydrogens (tertiary/aromatic N) is 1. The number of ether oxygens (including phenoxy) is 1. The van der Waals surface area contributed by atoms with Crippen LogP contribution in [-0.2, 0) is 4.74 Å². The predicted octanol–water partition coefficient (Wildman–Crippen LogP) is 3.10. The average Bonchev–Trinajstić information content (AvgIpc) is 2.89. The van der Waals surface area contributed by atoms with Crippen molar-refractivity contribution in [2.24, 2.45) is 5.92 Å². The third-order valence-corrected chi connectivity index (χ3v) is 3.12. The first-order valence-corrected chi connectivity index (χ1v) is 6.69. The van der Waals surface area contributed by atoms with Crippen molar-refractivity contribution in [3.8, 4) is 0 Å². The monoisotopic (exact) mass is 247 g/mol. The highest BCUT2D eigenvalue weighted by Gasteiger charge is 2.19. The Kier molecular flexibility index (Phi) is 4.24. The van der Waals surface area contributed by atoms with Crippen LogP contribution in [0.3, 0.4) is 0 Å². The van der Waals surface area contributed by atoms with Gasteiger partial charge in [-0.3, -0.25) is 0 Å². The lowest BCUT2D eigenvalue weighted by molar-refractivity contribution is 0.0459. The lowest BCUT2D eigenvalue weighted by Gasteiger charge is -2.20. The minimum atomic E-state index is -0.203. The second-order valence-corrected chi connectivity index (χ2v) is 5.20. The Morgan fingerprint density at radius 3 is 2.61 bits per heavy atom. The van der Waals surface area contributed by atoms with Crippen molar-refractivity contribution >= 4 is 11.7 Å². The molecule has 0 unspecified atom stereocenters. The molecule has 98 valence electrons. The molecule has 0 saturated carbocycles. The lowest BCUT2D eigenvalue weighted by atomic mass is 10.1. The van der Waals surface area contributed by atoms with Gasteiger partial charge in [0.1, 0.15) is 0 Å². The summed E-state index contributed by atoms with van der Waals surface area (Å²) in [5, 5.41) is 0. The van der Waals surface area contributed by atoms with Crippen LogP contribution in [0.25, 0.3) is 0 Å². The highest BCUT2D eigenvalue weighted by molar-refractivity contribution is 5.95. The maximum atomic E-state index is 12.1. The van der Waals surface area contributed by atoms with Gasteiger partial charge in [-0.05, 0) is 30.9 Å². The van der Waals surface area contributed by atoms with E-state index in [-0.39, 0.29) is 5.97 Å². The summed E-state index contributed by atoms with van der Waals surface area (Å²) in [4.78, 5) is 14.3. The average molecular weight is 247 g/mol. The van der Waals surface area contributed by atoms with Crippen molar-refractivity contribution < 1.29 is 9.53 Å². The second kappa shape index (κ2) is 5.89. The van der Waals surface area contributed by atoms with Gasteiger partial charge in [0.15, 0.2) is 0 Å². The summed E-state index contributed by atoms with van der Waals surface area (Å²) in [6.07, 6.45) is 2.41. The quantitative estimate of drug-likeness (QED) is 0.766. The first kappa shape index (κ1) is 12.9. The molecule has 0 aliphatic carbocycles. The van der Waals surface area contributed by atoms with Crippen molar-refractivity contribution in [1.82, 2.24) is 0 Å². The molecule has 1 heterocycles. The molecule has 1 fully saturated rings. The molecule has 0 bridgehead atoms. The maximum Gasteiger partial charge on any atom is 0.340 e. The van der Waals surface area contributed by atoms with E-state index in [1.807, 2.05) is 38.1 Å². The largest absolute Gasteiger partial charge is 0.462 e. The summed E-state index contributed by atoms with van der Waals surface area (Å²) in [5.74, 6) is 0.166. The van der Waals surface area contributed by atoms with Crippen LogP contribution in [0.2, 0.25) is 0 Å². The van der Waals surface area contributed by atoms with E-state index in [9.17, 15) is 4.79 Å².